The first-order valence-electron chi connectivity index (χ1n) is 8.73. The highest BCUT2D eigenvalue weighted by molar-refractivity contribution is 7.14. The van der Waals surface area contributed by atoms with Crippen LogP contribution in [0.25, 0.3) is 21.7 Å². The summed E-state index contributed by atoms with van der Waals surface area (Å²) in [5.41, 5.74) is 2.98. The van der Waals surface area contributed by atoms with E-state index in [0.717, 1.165) is 40.5 Å². The van der Waals surface area contributed by atoms with Crippen LogP contribution in [0.4, 0.5) is 10.5 Å². The summed E-state index contributed by atoms with van der Waals surface area (Å²) in [6.45, 7) is 7.15. The lowest BCUT2D eigenvalue weighted by Gasteiger charge is -2.35. The largest absolute Gasteiger partial charge is 0.450 e. The number of rotatable bonds is 3. The summed E-state index contributed by atoms with van der Waals surface area (Å²) in [7, 11) is 0. The minimum Gasteiger partial charge on any atom is -0.450 e. The molecule has 4 heterocycles. The average Bonchev–Trinajstić information content (AvgIpc) is 3.27. The Hall–Kier alpha value is -2.61. The minimum absolute atomic E-state index is 0.227. The van der Waals surface area contributed by atoms with Crippen LogP contribution in [0.3, 0.4) is 0 Å². The quantitative estimate of drug-likeness (QED) is 0.765. The summed E-state index contributed by atoms with van der Waals surface area (Å²) in [6.07, 6.45) is 3.48. The van der Waals surface area contributed by atoms with Gasteiger partial charge in [-0.1, -0.05) is 0 Å². The van der Waals surface area contributed by atoms with Gasteiger partial charge >= 0.3 is 6.09 Å². The van der Waals surface area contributed by atoms with E-state index >= 15 is 0 Å². The summed E-state index contributed by atoms with van der Waals surface area (Å²) < 4.78 is 5.09. The number of hydrogen-bond donors (Lipinski definition) is 1. The fourth-order valence-corrected chi connectivity index (χ4v) is 3.96. The van der Waals surface area contributed by atoms with Crippen LogP contribution in [0.1, 0.15) is 11.8 Å². The maximum absolute atomic E-state index is 11.9. The number of nitrogens with one attached hydrogen (secondary N) is 1. The zero-order valence-electron chi connectivity index (χ0n) is 14.9. The van der Waals surface area contributed by atoms with Crippen molar-refractivity contribution in [3.8, 4) is 10.7 Å². The van der Waals surface area contributed by atoms with Crippen LogP contribution in [-0.4, -0.2) is 58.7 Å². The van der Waals surface area contributed by atoms with Crippen molar-refractivity contribution in [2.45, 2.75) is 13.8 Å². The van der Waals surface area contributed by atoms with Gasteiger partial charge in [0.05, 0.1) is 12.3 Å². The Bertz CT molecular complexity index is 927. The van der Waals surface area contributed by atoms with Gasteiger partial charge in [-0.05, 0) is 26.0 Å². The van der Waals surface area contributed by atoms with Crippen molar-refractivity contribution in [2.24, 2.45) is 0 Å². The van der Waals surface area contributed by atoms with E-state index in [-0.39, 0.29) is 6.09 Å². The Morgan fingerprint density at radius 1 is 1.31 bits per heavy atom. The lowest BCUT2D eigenvalue weighted by molar-refractivity contribution is 0.105. The smallest absolute Gasteiger partial charge is 0.409 e. The molecule has 136 valence electrons. The normalized spacial score (nSPS) is 14.8. The Kier molecular flexibility index (Phi) is 4.50. The van der Waals surface area contributed by atoms with Crippen LogP contribution in [0.5, 0.6) is 0 Å². The van der Waals surface area contributed by atoms with E-state index in [0.29, 0.717) is 19.7 Å². The first kappa shape index (κ1) is 16.8. The number of aromatic nitrogens is 3. The third-order valence-electron chi connectivity index (χ3n) is 4.51. The molecule has 0 radical (unpaired) electrons. The highest BCUT2D eigenvalue weighted by atomic mass is 32.1. The lowest BCUT2D eigenvalue weighted by Crippen LogP contribution is -2.49. The molecule has 0 aromatic carbocycles. The predicted octanol–water partition coefficient (Wildman–Crippen LogP) is 3.27. The van der Waals surface area contributed by atoms with E-state index in [1.165, 1.54) is 4.88 Å². The number of piperazine rings is 1. The number of anilines is 1. The molecule has 1 saturated heterocycles. The summed E-state index contributed by atoms with van der Waals surface area (Å²) in [6, 6.07) is 4.15. The highest BCUT2D eigenvalue weighted by Gasteiger charge is 2.23. The Morgan fingerprint density at radius 3 is 2.81 bits per heavy atom. The number of carbonyl (C=O) groups is 1. The second-order valence-electron chi connectivity index (χ2n) is 6.22. The van der Waals surface area contributed by atoms with E-state index in [1.807, 2.05) is 25.4 Å². The SMILES string of the molecule is CCOC(=O)N1CCN(c2ccnc3[nH]c(-c4ncc(C)s4)cc23)CC1. The van der Waals surface area contributed by atoms with Crippen molar-refractivity contribution < 1.29 is 9.53 Å². The number of hydrogen-bond acceptors (Lipinski definition) is 6. The van der Waals surface area contributed by atoms with Crippen molar-refractivity contribution in [1.82, 2.24) is 19.9 Å². The molecule has 8 heteroatoms. The van der Waals surface area contributed by atoms with Gasteiger partial charge in [0.15, 0.2) is 0 Å². The average molecular weight is 371 g/mol. The predicted molar refractivity (Wildman–Crippen MR) is 103 cm³/mol. The van der Waals surface area contributed by atoms with Gasteiger partial charge in [0.25, 0.3) is 0 Å². The summed E-state index contributed by atoms with van der Waals surface area (Å²) >= 11 is 1.66. The molecule has 26 heavy (non-hydrogen) atoms. The third-order valence-corrected chi connectivity index (χ3v) is 5.45. The van der Waals surface area contributed by atoms with E-state index in [9.17, 15) is 4.79 Å². The molecule has 1 N–H and O–H groups in total. The molecule has 4 rings (SSSR count). The molecule has 0 spiro atoms. The van der Waals surface area contributed by atoms with Gasteiger partial charge in [-0.25, -0.2) is 14.8 Å². The van der Waals surface area contributed by atoms with Crippen molar-refractivity contribution in [3.63, 3.8) is 0 Å². The number of aryl methyl sites for hydroxylation is 1. The molecule has 0 atom stereocenters. The molecule has 1 aliphatic heterocycles. The molecule has 3 aromatic rings. The number of ether oxygens (including phenoxy) is 1. The van der Waals surface area contributed by atoms with Crippen LogP contribution in [-0.2, 0) is 4.74 Å². The van der Waals surface area contributed by atoms with Crippen LogP contribution < -0.4 is 4.90 Å². The Morgan fingerprint density at radius 2 is 2.12 bits per heavy atom. The van der Waals surface area contributed by atoms with Gasteiger partial charge in [0.2, 0.25) is 0 Å². The fraction of sp³-hybridized carbons (Fsp3) is 0.389. The van der Waals surface area contributed by atoms with Gasteiger partial charge in [0, 0.05) is 54.5 Å². The van der Waals surface area contributed by atoms with Crippen molar-refractivity contribution >= 4 is 34.2 Å². The molecule has 0 aliphatic carbocycles. The third kappa shape index (κ3) is 3.12. The number of H-pyrrole nitrogens is 1. The molecule has 1 fully saturated rings. The number of amides is 1. The molecule has 1 aliphatic rings. The number of fused-ring (bicyclic) bond motifs is 1. The summed E-state index contributed by atoms with van der Waals surface area (Å²) in [5, 5.41) is 2.05. The molecular formula is C18H21N5O2S. The van der Waals surface area contributed by atoms with Crippen LogP contribution in [0, 0.1) is 6.92 Å². The fourth-order valence-electron chi connectivity index (χ4n) is 3.23. The molecular weight excluding hydrogens is 350 g/mol. The standard InChI is InChI=1S/C18H21N5O2S/c1-3-25-18(24)23-8-6-22(7-9-23)15-4-5-19-16-13(15)10-14(21-16)17-20-11-12(2)26-17/h4-5,10-11H,3,6-9H2,1-2H3,(H,19,21). The topological polar surface area (TPSA) is 74.3 Å². The van der Waals surface area contributed by atoms with E-state index < -0.39 is 0 Å². The van der Waals surface area contributed by atoms with E-state index in [2.05, 4.69) is 32.8 Å². The van der Waals surface area contributed by atoms with E-state index in [4.69, 9.17) is 4.74 Å². The van der Waals surface area contributed by atoms with Gasteiger partial charge in [-0.3, -0.25) is 0 Å². The van der Waals surface area contributed by atoms with Gasteiger partial charge < -0.3 is 19.5 Å². The van der Waals surface area contributed by atoms with Crippen LogP contribution in [0.2, 0.25) is 0 Å². The number of thiazole rings is 1. The number of pyridine rings is 1. The Balaban J connectivity index is 1.57. The summed E-state index contributed by atoms with van der Waals surface area (Å²) in [5.74, 6) is 0. The molecule has 1 amide bonds. The van der Waals surface area contributed by atoms with Crippen molar-refractivity contribution in [3.05, 3.63) is 29.4 Å². The second-order valence-corrected chi connectivity index (χ2v) is 7.46. The van der Waals surface area contributed by atoms with Gasteiger partial charge in [-0.15, -0.1) is 11.3 Å². The second kappa shape index (κ2) is 6.95. The first-order valence-corrected chi connectivity index (χ1v) is 9.54. The number of aromatic amines is 1. The van der Waals surface area contributed by atoms with Gasteiger partial charge in [0.1, 0.15) is 10.7 Å². The van der Waals surface area contributed by atoms with E-state index in [1.54, 1.807) is 16.2 Å². The lowest BCUT2D eigenvalue weighted by atomic mass is 10.2. The zero-order valence-corrected chi connectivity index (χ0v) is 15.7. The zero-order chi connectivity index (χ0) is 18.1. The Labute approximate surface area is 155 Å². The molecule has 0 bridgehead atoms. The molecule has 3 aromatic heterocycles. The maximum atomic E-state index is 11.9. The minimum atomic E-state index is -0.227. The highest BCUT2D eigenvalue weighted by Crippen LogP contribution is 2.32. The van der Waals surface area contributed by atoms with Crippen molar-refractivity contribution in [2.75, 3.05) is 37.7 Å². The maximum Gasteiger partial charge on any atom is 0.409 e. The monoisotopic (exact) mass is 371 g/mol. The van der Waals surface area contributed by atoms with Crippen LogP contribution in [0.15, 0.2) is 24.5 Å². The molecule has 0 unspecified atom stereocenters. The first-order chi connectivity index (χ1) is 12.7. The van der Waals surface area contributed by atoms with Gasteiger partial charge in [-0.2, -0.15) is 0 Å². The molecule has 0 saturated carbocycles. The number of nitrogens with zero attached hydrogens (tertiary/aromatic N) is 4. The van der Waals surface area contributed by atoms with Crippen molar-refractivity contribution in [1.29, 1.82) is 0 Å². The molecule has 7 nitrogen and oxygen atoms in total. The summed E-state index contributed by atoms with van der Waals surface area (Å²) in [4.78, 5) is 29.4. The van der Waals surface area contributed by atoms with Crippen LogP contribution >= 0.6 is 11.3 Å². The number of carbonyl (C=O) groups excluding carboxylic acids is 1.